The van der Waals surface area contributed by atoms with Gasteiger partial charge in [-0.05, 0) is 35.7 Å². The fraction of sp³-hybridized carbons (Fsp3) is 0.444. The fourth-order valence-corrected chi connectivity index (χ4v) is 5.68. The highest BCUT2D eigenvalue weighted by atomic mass is 16.5. The summed E-state index contributed by atoms with van der Waals surface area (Å²) in [7, 11) is 3.34. The predicted octanol–water partition coefficient (Wildman–Crippen LogP) is 2.08. The Morgan fingerprint density at radius 1 is 1.06 bits per heavy atom. The quantitative estimate of drug-likeness (QED) is 0.616. The molecule has 2 fully saturated rings. The van der Waals surface area contributed by atoms with E-state index in [-0.39, 0.29) is 30.2 Å². The van der Waals surface area contributed by atoms with Crippen molar-refractivity contribution in [2.75, 3.05) is 58.5 Å². The topological polar surface area (TPSA) is 79.4 Å². The van der Waals surface area contributed by atoms with Crippen molar-refractivity contribution in [3.63, 3.8) is 0 Å². The molecule has 0 radical (unpaired) electrons. The Bertz CT molecular complexity index is 1130. The van der Waals surface area contributed by atoms with Crippen molar-refractivity contribution in [3.8, 4) is 5.75 Å². The number of amides is 3. The van der Waals surface area contributed by atoms with Gasteiger partial charge in [0.05, 0.1) is 20.3 Å². The van der Waals surface area contributed by atoms with Crippen molar-refractivity contribution in [2.24, 2.45) is 5.41 Å². The van der Waals surface area contributed by atoms with Gasteiger partial charge in [-0.3, -0.25) is 14.4 Å². The number of hydrogen-bond acceptors (Lipinski definition) is 5. The van der Waals surface area contributed by atoms with E-state index in [2.05, 4.69) is 0 Å². The standard InChI is InChI=1S/C27H31N3O5/c1-28-23-6-4-3-5-21(23)22-17-30(24(31)12-9-19-7-10-20(34-2)11-8-19)18-27(22,25(28)32)26(33)29-13-15-35-16-14-29/h3-8,10-11,22H,9,12-18H2,1-2H3. The molecule has 2 aromatic carbocycles. The molecule has 8 nitrogen and oxygen atoms in total. The van der Waals surface area contributed by atoms with Crippen molar-refractivity contribution in [1.29, 1.82) is 0 Å². The summed E-state index contributed by atoms with van der Waals surface area (Å²) in [6, 6.07) is 15.4. The summed E-state index contributed by atoms with van der Waals surface area (Å²) >= 11 is 0. The van der Waals surface area contributed by atoms with E-state index in [9.17, 15) is 14.4 Å². The molecule has 0 N–H and O–H groups in total. The van der Waals surface area contributed by atoms with Crippen LogP contribution in [0, 0.1) is 5.41 Å². The van der Waals surface area contributed by atoms with Crippen LogP contribution in [0.25, 0.3) is 0 Å². The van der Waals surface area contributed by atoms with Crippen LogP contribution in [0.1, 0.15) is 23.5 Å². The third-order valence-corrected chi connectivity index (χ3v) is 7.62. The monoisotopic (exact) mass is 477 g/mol. The summed E-state index contributed by atoms with van der Waals surface area (Å²) in [6.07, 6.45) is 0.894. The summed E-state index contributed by atoms with van der Waals surface area (Å²) in [4.78, 5) is 46.3. The third-order valence-electron chi connectivity index (χ3n) is 7.62. The smallest absolute Gasteiger partial charge is 0.244 e. The van der Waals surface area contributed by atoms with Crippen LogP contribution < -0.4 is 9.64 Å². The number of fused-ring (bicyclic) bond motifs is 3. The molecule has 2 saturated heterocycles. The molecule has 0 bridgehead atoms. The van der Waals surface area contributed by atoms with Crippen molar-refractivity contribution >= 4 is 23.4 Å². The van der Waals surface area contributed by atoms with E-state index in [0.717, 1.165) is 22.6 Å². The summed E-state index contributed by atoms with van der Waals surface area (Å²) in [5, 5.41) is 0. The minimum absolute atomic E-state index is 0.0442. The van der Waals surface area contributed by atoms with Gasteiger partial charge in [0, 0.05) is 51.3 Å². The number of rotatable bonds is 5. The van der Waals surface area contributed by atoms with Gasteiger partial charge in [-0.25, -0.2) is 0 Å². The van der Waals surface area contributed by atoms with Crippen LogP contribution in [0.5, 0.6) is 5.75 Å². The first-order valence-corrected chi connectivity index (χ1v) is 12.1. The molecule has 2 atom stereocenters. The molecular weight excluding hydrogens is 446 g/mol. The zero-order valence-electron chi connectivity index (χ0n) is 20.2. The molecule has 184 valence electrons. The first kappa shape index (κ1) is 23.4. The van der Waals surface area contributed by atoms with E-state index in [4.69, 9.17) is 9.47 Å². The van der Waals surface area contributed by atoms with Gasteiger partial charge in [-0.15, -0.1) is 0 Å². The van der Waals surface area contributed by atoms with Crippen LogP contribution in [0.3, 0.4) is 0 Å². The number of likely N-dealkylation sites (tertiary alicyclic amines) is 1. The fourth-order valence-electron chi connectivity index (χ4n) is 5.68. The van der Waals surface area contributed by atoms with E-state index >= 15 is 0 Å². The number of nitrogens with zero attached hydrogens (tertiary/aromatic N) is 3. The minimum atomic E-state index is -1.31. The lowest BCUT2D eigenvalue weighted by atomic mass is 9.69. The molecule has 35 heavy (non-hydrogen) atoms. The van der Waals surface area contributed by atoms with Crippen LogP contribution in [-0.2, 0) is 25.5 Å². The molecule has 3 aliphatic rings. The van der Waals surface area contributed by atoms with E-state index in [0.29, 0.717) is 45.7 Å². The maximum Gasteiger partial charge on any atom is 0.244 e. The average molecular weight is 478 g/mol. The highest BCUT2D eigenvalue weighted by Gasteiger charge is 2.63. The van der Waals surface area contributed by atoms with Gasteiger partial charge in [-0.1, -0.05) is 30.3 Å². The number of aryl methyl sites for hydroxylation is 1. The first-order chi connectivity index (χ1) is 17.0. The van der Waals surface area contributed by atoms with Gasteiger partial charge in [-0.2, -0.15) is 0 Å². The Morgan fingerprint density at radius 2 is 1.77 bits per heavy atom. The van der Waals surface area contributed by atoms with Crippen LogP contribution in [0.4, 0.5) is 5.69 Å². The molecule has 3 amide bonds. The Morgan fingerprint density at radius 3 is 2.49 bits per heavy atom. The molecule has 0 saturated carbocycles. The zero-order valence-corrected chi connectivity index (χ0v) is 20.2. The molecule has 0 spiro atoms. The van der Waals surface area contributed by atoms with E-state index in [1.165, 1.54) is 0 Å². The molecule has 5 rings (SSSR count). The number of para-hydroxylation sites is 1. The molecule has 0 aliphatic carbocycles. The van der Waals surface area contributed by atoms with E-state index < -0.39 is 5.41 Å². The summed E-state index contributed by atoms with van der Waals surface area (Å²) in [6.45, 7) is 2.28. The largest absolute Gasteiger partial charge is 0.497 e. The number of benzene rings is 2. The van der Waals surface area contributed by atoms with Crippen LogP contribution in [-0.4, -0.2) is 81.1 Å². The lowest BCUT2D eigenvalue weighted by Crippen LogP contribution is -2.60. The second-order valence-corrected chi connectivity index (χ2v) is 9.47. The van der Waals surface area contributed by atoms with Gasteiger partial charge in [0.2, 0.25) is 17.7 Å². The van der Waals surface area contributed by atoms with Crippen molar-refractivity contribution in [3.05, 3.63) is 59.7 Å². The number of hydrogen-bond donors (Lipinski definition) is 0. The van der Waals surface area contributed by atoms with Crippen molar-refractivity contribution in [1.82, 2.24) is 9.80 Å². The normalized spacial score (nSPS) is 23.7. The molecule has 8 heteroatoms. The Labute approximate surface area is 205 Å². The highest BCUT2D eigenvalue weighted by Crippen LogP contribution is 2.52. The van der Waals surface area contributed by atoms with Gasteiger partial charge >= 0.3 is 0 Å². The van der Waals surface area contributed by atoms with Crippen LogP contribution in [0.15, 0.2) is 48.5 Å². The van der Waals surface area contributed by atoms with Gasteiger partial charge in [0.15, 0.2) is 5.41 Å². The molecule has 3 heterocycles. The second kappa shape index (κ2) is 9.34. The molecule has 2 unspecified atom stereocenters. The third kappa shape index (κ3) is 3.95. The molecule has 2 aromatic rings. The number of carbonyl (C=O) groups excluding carboxylic acids is 3. The maximum atomic E-state index is 14.0. The second-order valence-electron chi connectivity index (χ2n) is 9.47. The molecule has 3 aliphatic heterocycles. The maximum absolute atomic E-state index is 14.0. The van der Waals surface area contributed by atoms with Crippen molar-refractivity contribution < 1.29 is 23.9 Å². The summed E-state index contributed by atoms with van der Waals surface area (Å²) < 4.78 is 10.6. The predicted molar refractivity (Wildman–Crippen MR) is 130 cm³/mol. The van der Waals surface area contributed by atoms with E-state index in [1.807, 2.05) is 48.5 Å². The number of ether oxygens (including phenoxy) is 2. The van der Waals surface area contributed by atoms with Gasteiger partial charge in [0.1, 0.15) is 5.75 Å². The zero-order chi connectivity index (χ0) is 24.6. The van der Waals surface area contributed by atoms with E-state index in [1.54, 1.807) is 28.9 Å². The number of carbonyl (C=O) groups is 3. The average Bonchev–Trinajstić information content (AvgIpc) is 3.33. The Balaban J connectivity index is 1.43. The number of methoxy groups -OCH3 is 1. The Kier molecular flexibility index (Phi) is 6.23. The highest BCUT2D eigenvalue weighted by molar-refractivity contribution is 6.15. The number of anilines is 1. The van der Waals surface area contributed by atoms with Gasteiger partial charge < -0.3 is 24.2 Å². The number of morpholine rings is 1. The summed E-state index contributed by atoms with van der Waals surface area (Å²) in [5.41, 5.74) is 1.48. The summed E-state index contributed by atoms with van der Waals surface area (Å²) in [5.74, 6) is -0.0701. The lowest BCUT2D eigenvalue weighted by Gasteiger charge is -2.44. The molecule has 0 aromatic heterocycles. The first-order valence-electron chi connectivity index (χ1n) is 12.1. The Hall–Kier alpha value is -3.39. The van der Waals surface area contributed by atoms with Gasteiger partial charge in [0.25, 0.3) is 0 Å². The van der Waals surface area contributed by atoms with Crippen LogP contribution >= 0.6 is 0 Å². The molecular formula is C27H31N3O5. The minimum Gasteiger partial charge on any atom is -0.497 e. The lowest BCUT2D eigenvalue weighted by molar-refractivity contribution is -0.153. The van der Waals surface area contributed by atoms with Crippen molar-refractivity contribution in [2.45, 2.75) is 18.8 Å². The SMILES string of the molecule is COc1ccc(CCC(=O)N2CC3c4ccccc4N(C)C(=O)C3(C(=O)N3CCOCC3)C2)cc1. The van der Waals surface area contributed by atoms with Crippen LogP contribution in [0.2, 0.25) is 0 Å².